The van der Waals surface area contributed by atoms with Crippen LogP contribution in [0, 0.1) is 11.8 Å². The zero-order chi connectivity index (χ0) is 25.3. The van der Waals surface area contributed by atoms with Gasteiger partial charge in [-0.3, -0.25) is 0 Å². The molecule has 188 valence electrons. The van der Waals surface area contributed by atoms with Gasteiger partial charge in [0, 0.05) is 51.1 Å². The number of methoxy groups -OCH3 is 1. The lowest BCUT2D eigenvalue weighted by Gasteiger charge is -2.25. The molecule has 0 spiro atoms. The third kappa shape index (κ3) is 6.38. The standard InChI is InChI=1S/C26H32N8O2/c1-19(18-36-2)28-11-5-9-24-29-12-10-25(30-24)34-14-6-13-33(15-16-34)22-17-21(31-32-26(22)27)20-7-3-4-8-23(20)35/h3-4,7-8,10,12,17,19,28,35H,6,11,13-16,18H2,1-2H3,(H2,27,32)/t19-/m1/s1. The Hall–Kier alpha value is -3.94. The van der Waals surface area contributed by atoms with E-state index in [1.807, 2.05) is 31.2 Å². The maximum Gasteiger partial charge on any atom is 0.206 e. The predicted octanol–water partition coefficient (Wildman–Crippen LogP) is 1.91. The second kappa shape index (κ2) is 12.2. The van der Waals surface area contributed by atoms with Crippen molar-refractivity contribution in [3.8, 4) is 28.8 Å². The van der Waals surface area contributed by atoms with Crippen LogP contribution < -0.4 is 20.9 Å². The summed E-state index contributed by atoms with van der Waals surface area (Å²) in [5.41, 5.74) is 8.23. The fourth-order valence-corrected chi connectivity index (χ4v) is 4.10. The largest absolute Gasteiger partial charge is 0.507 e. The van der Waals surface area contributed by atoms with E-state index in [1.165, 1.54) is 0 Å². The smallest absolute Gasteiger partial charge is 0.206 e. The zero-order valence-electron chi connectivity index (χ0n) is 20.7. The highest BCUT2D eigenvalue weighted by atomic mass is 16.5. The Morgan fingerprint density at radius 1 is 1.14 bits per heavy atom. The average Bonchev–Trinajstić information content (AvgIpc) is 3.14. The summed E-state index contributed by atoms with van der Waals surface area (Å²) in [5, 5.41) is 21.9. The quantitative estimate of drug-likeness (QED) is 0.425. The van der Waals surface area contributed by atoms with Gasteiger partial charge in [-0.2, -0.15) is 0 Å². The summed E-state index contributed by atoms with van der Waals surface area (Å²) in [5.74, 6) is 8.01. The number of nitrogens with one attached hydrogen (secondary N) is 1. The number of nitrogens with zero attached hydrogens (tertiary/aromatic N) is 6. The van der Waals surface area contributed by atoms with Crippen LogP contribution in [0.5, 0.6) is 5.75 Å². The Balaban J connectivity index is 1.43. The number of nitrogen functional groups attached to an aromatic ring is 1. The molecule has 0 bridgehead atoms. The number of phenols is 1. The zero-order valence-corrected chi connectivity index (χ0v) is 20.7. The molecule has 36 heavy (non-hydrogen) atoms. The van der Waals surface area contributed by atoms with E-state index in [1.54, 1.807) is 25.4 Å². The van der Waals surface area contributed by atoms with Gasteiger partial charge in [0.05, 0.1) is 24.5 Å². The van der Waals surface area contributed by atoms with E-state index in [9.17, 15) is 5.11 Å². The number of aromatic nitrogens is 4. The van der Waals surface area contributed by atoms with Crippen LogP contribution in [0.3, 0.4) is 0 Å². The Kier molecular flexibility index (Phi) is 8.49. The van der Waals surface area contributed by atoms with Crippen LogP contribution in [0.15, 0.2) is 42.6 Å². The van der Waals surface area contributed by atoms with Crippen molar-refractivity contribution < 1.29 is 9.84 Å². The van der Waals surface area contributed by atoms with Gasteiger partial charge in [0.2, 0.25) is 5.82 Å². The molecular weight excluding hydrogens is 456 g/mol. The highest BCUT2D eigenvalue weighted by Crippen LogP contribution is 2.31. The van der Waals surface area contributed by atoms with Crippen molar-refractivity contribution in [2.45, 2.75) is 19.4 Å². The number of ether oxygens (including phenoxy) is 1. The molecule has 2 aromatic heterocycles. The Morgan fingerprint density at radius 3 is 2.78 bits per heavy atom. The molecule has 1 aliphatic rings. The van der Waals surface area contributed by atoms with E-state index in [-0.39, 0.29) is 11.8 Å². The van der Waals surface area contributed by atoms with Crippen LogP contribution >= 0.6 is 0 Å². The number of anilines is 3. The van der Waals surface area contributed by atoms with Gasteiger partial charge < -0.3 is 30.7 Å². The van der Waals surface area contributed by atoms with Crippen molar-refractivity contribution in [2.24, 2.45) is 0 Å². The van der Waals surface area contributed by atoms with Crippen LogP contribution in [-0.2, 0) is 4.74 Å². The van der Waals surface area contributed by atoms with Gasteiger partial charge in [0.15, 0.2) is 5.82 Å². The fraction of sp³-hybridized carbons (Fsp3) is 0.385. The van der Waals surface area contributed by atoms with Crippen molar-refractivity contribution in [3.63, 3.8) is 0 Å². The second-order valence-corrected chi connectivity index (χ2v) is 8.62. The van der Waals surface area contributed by atoms with Crippen LogP contribution in [0.2, 0.25) is 0 Å². The Labute approximate surface area is 211 Å². The molecule has 0 unspecified atom stereocenters. The number of aromatic hydroxyl groups is 1. The normalized spacial score (nSPS) is 14.6. The first-order valence-electron chi connectivity index (χ1n) is 12.0. The molecule has 4 rings (SSSR count). The summed E-state index contributed by atoms with van der Waals surface area (Å²) >= 11 is 0. The van der Waals surface area contributed by atoms with Gasteiger partial charge in [0.1, 0.15) is 11.6 Å². The van der Waals surface area contributed by atoms with Gasteiger partial charge >= 0.3 is 0 Å². The van der Waals surface area contributed by atoms with Crippen molar-refractivity contribution in [1.82, 2.24) is 25.5 Å². The fourth-order valence-electron chi connectivity index (χ4n) is 4.10. The molecule has 0 saturated carbocycles. The van der Waals surface area contributed by atoms with Crippen LogP contribution in [0.25, 0.3) is 11.3 Å². The lowest BCUT2D eigenvalue weighted by molar-refractivity contribution is 0.174. The van der Waals surface area contributed by atoms with E-state index < -0.39 is 0 Å². The Morgan fingerprint density at radius 2 is 1.94 bits per heavy atom. The van der Waals surface area contributed by atoms with Crippen molar-refractivity contribution in [3.05, 3.63) is 48.4 Å². The number of hydrogen-bond acceptors (Lipinski definition) is 10. The predicted molar refractivity (Wildman–Crippen MR) is 141 cm³/mol. The number of nitrogens with two attached hydrogens (primary N) is 1. The third-order valence-electron chi connectivity index (χ3n) is 5.94. The summed E-state index contributed by atoms with van der Waals surface area (Å²) in [4.78, 5) is 13.4. The van der Waals surface area contributed by atoms with Gasteiger partial charge in [-0.05, 0) is 43.5 Å². The number of phenolic OH excluding ortho intramolecular Hbond substituents is 1. The van der Waals surface area contributed by atoms with E-state index in [2.05, 4.69) is 47.1 Å². The molecule has 0 amide bonds. The lowest BCUT2D eigenvalue weighted by Crippen LogP contribution is -2.32. The summed E-state index contributed by atoms with van der Waals surface area (Å²) in [7, 11) is 1.68. The first-order valence-corrected chi connectivity index (χ1v) is 12.0. The van der Waals surface area contributed by atoms with E-state index >= 15 is 0 Å². The molecule has 4 N–H and O–H groups in total. The second-order valence-electron chi connectivity index (χ2n) is 8.62. The highest BCUT2D eigenvalue weighted by molar-refractivity contribution is 5.74. The highest BCUT2D eigenvalue weighted by Gasteiger charge is 2.20. The van der Waals surface area contributed by atoms with Gasteiger partial charge in [-0.25, -0.2) is 9.97 Å². The van der Waals surface area contributed by atoms with Crippen molar-refractivity contribution in [1.29, 1.82) is 0 Å². The van der Waals surface area contributed by atoms with Crippen LogP contribution in [0.4, 0.5) is 17.3 Å². The molecule has 3 aromatic rings. The van der Waals surface area contributed by atoms with Crippen molar-refractivity contribution in [2.75, 3.05) is 62.0 Å². The SMILES string of the molecule is COC[C@@H](C)NCC#Cc1nccc(N2CCCN(c3cc(-c4ccccc4O)nnc3N)CC2)n1. The number of para-hydroxylation sites is 1. The first kappa shape index (κ1) is 25.2. The van der Waals surface area contributed by atoms with Gasteiger partial charge in [0.25, 0.3) is 0 Å². The maximum absolute atomic E-state index is 10.2. The summed E-state index contributed by atoms with van der Waals surface area (Å²) in [6.07, 6.45) is 2.67. The molecule has 0 radical (unpaired) electrons. The Bertz CT molecular complexity index is 1230. The molecule has 1 atom stereocenters. The van der Waals surface area contributed by atoms with E-state index in [0.717, 1.165) is 44.1 Å². The topological polar surface area (TPSA) is 126 Å². The van der Waals surface area contributed by atoms with Gasteiger partial charge in [-0.15, -0.1) is 10.2 Å². The number of hydrogen-bond donors (Lipinski definition) is 3. The molecule has 1 fully saturated rings. The van der Waals surface area contributed by atoms with Gasteiger partial charge in [-0.1, -0.05) is 18.1 Å². The van der Waals surface area contributed by atoms with Crippen molar-refractivity contribution >= 4 is 17.3 Å². The minimum absolute atomic E-state index is 0.160. The molecule has 10 nitrogen and oxygen atoms in total. The molecule has 1 aliphatic heterocycles. The summed E-state index contributed by atoms with van der Waals surface area (Å²) in [6.45, 7) is 6.39. The van der Waals surface area contributed by atoms with E-state index in [4.69, 9.17) is 10.5 Å². The molecule has 0 aliphatic carbocycles. The molecule has 1 aromatic carbocycles. The molecule has 1 saturated heterocycles. The average molecular weight is 489 g/mol. The molecule has 10 heteroatoms. The third-order valence-corrected chi connectivity index (χ3v) is 5.94. The number of rotatable bonds is 7. The first-order chi connectivity index (χ1) is 17.5. The summed E-state index contributed by atoms with van der Waals surface area (Å²) < 4.78 is 5.12. The number of benzene rings is 1. The molecular formula is C26H32N8O2. The minimum atomic E-state index is 0.160. The van der Waals surface area contributed by atoms with E-state index in [0.29, 0.717) is 36.1 Å². The summed E-state index contributed by atoms with van der Waals surface area (Å²) in [6, 6.07) is 11.1. The molecule has 3 heterocycles. The monoisotopic (exact) mass is 488 g/mol. The maximum atomic E-state index is 10.2. The van der Waals surface area contributed by atoms with Crippen LogP contribution in [0.1, 0.15) is 19.2 Å². The lowest BCUT2D eigenvalue weighted by atomic mass is 10.1. The minimum Gasteiger partial charge on any atom is -0.507 e. The van der Waals surface area contributed by atoms with Crippen LogP contribution in [-0.4, -0.2) is 77.8 Å².